The summed E-state index contributed by atoms with van der Waals surface area (Å²) in [7, 11) is 0. The lowest BCUT2D eigenvalue weighted by Crippen LogP contribution is -2.35. The number of nitrogens with zero attached hydrogens (tertiary/aromatic N) is 1. The van der Waals surface area contributed by atoms with E-state index in [1.807, 2.05) is 11.2 Å². The van der Waals surface area contributed by atoms with Crippen LogP contribution in [0.15, 0.2) is 24.3 Å². The maximum Gasteiger partial charge on any atom is 0.269 e. The molecule has 0 spiro atoms. The lowest BCUT2D eigenvalue weighted by Gasteiger charge is -2.23. The van der Waals surface area contributed by atoms with E-state index in [4.69, 9.17) is 6.42 Å². The third kappa shape index (κ3) is 4.15. The van der Waals surface area contributed by atoms with Crippen LogP contribution in [0.25, 0.3) is 0 Å². The summed E-state index contributed by atoms with van der Waals surface area (Å²) in [5, 5.41) is 22.5. The third-order valence-corrected chi connectivity index (χ3v) is 3.69. The Labute approximate surface area is 149 Å². The normalized spacial score (nSPS) is 12.9. The highest BCUT2D eigenvalue weighted by atomic mass is 19.2. The molecule has 0 heterocycles. The first-order chi connectivity index (χ1) is 12.7. The summed E-state index contributed by atoms with van der Waals surface area (Å²) >= 11 is 0. The van der Waals surface area contributed by atoms with Gasteiger partial charge in [0.1, 0.15) is 11.8 Å². The second-order valence-corrected chi connectivity index (χ2v) is 5.43. The van der Waals surface area contributed by atoms with Gasteiger partial charge in [-0.15, -0.1) is 6.42 Å². The van der Waals surface area contributed by atoms with Gasteiger partial charge in [-0.05, 0) is 12.0 Å². The van der Waals surface area contributed by atoms with Gasteiger partial charge in [0, 0.05) is 12.1 Å². The Balaban J connectivity index is 2.36. The molecule has 0 aliphatic carbocycles. The Bertz CT molecular complexity index is 883. The molecule has 142 valence electrons. The maximum atomic E-state index is 13.8. The number of aliphatic hydroxyl groups excluding tert-OH is 1. The van der Waals surface area contributed by atoms with E-state index in [2.05, 4.69) is 0 Å². The number of terminal acetylenes is 1. The number of rotatable bonds is 6. The highest BCUT2D eigenvalue weighted by Gasteiger charge is 2.29. The molecule has 2 atom stereocenters. The average Bonchev–Trinajstić information content (AvgIpc) is 2.66. The summed E-state index contributed by atoms with van der Waals surface area (Å²) in [6.45, 7) is 0. The molecule has 5 nitrogen and oxygen atoms in total. The average molecular weight is 386 g/mol. The van der Waals surface area contributed by atoms with Crippen LogP contribution in [0.3, 0.4) is 0 Å². The van der Waals surface area contributed by atoms with Crippen LogP contribution >= 0.6 is 0 Å². The summed E-state index contributed by atoms with van der Waals surface area (Å²) in [5.74, 6) is -8.94. The fourth-order valence-corrected chi connectivity index (χ4v) is 2.28. The lowest BCUT2D eigenvalue weighted by atomic mass is 10.0. The standard InChI is InChI=1S/C17H11F5N2O3/c1-2-11(25)10(7-8-3-5-9(6-4-8)24(26)27)23-17-15(21)13(19)12(18)14(20)16(17)22/h1,3-6,10-11,23,25H,7H2/t10-,11-/m1/s1. The van der Waals surface area contributed by atoms with Gasteiger partial charge in [0.15, 0.2) is 23.3 Å². The van der Waals surface area contributed by atoms with Crippen molar-refractivity contribution in [3.63, 3.8) is 0 Å². The van der Waals surface area contributed by atoms with E-state index in [0.717, 1.165) is 12.1 Å². The highest BCUT2D eigenvalue weighted by molar-refractivity contribution is 5.49. The number of halogens is 5. The highest BCUT2D eigenvalue weighted by Crippen LogP contribution is 2.28. The lowest BCUT2D eigenvalue weighted by molar-refractivity contribution is -0.384. The van der Waals surface area contributed by atoms with Gasteiger partial charge in [0.05, 0.1) is 11.0 Å². The molecule has 0 amide bonds. The molecule has 2 aromatic carbocycles. The summed E-state index contributed by atoms with van der Waals surface area (Å²) in [6, 6.07) is 3.55. The van der Waals surface area contributed by atoms with Gasteiger partial charge >= 0.3 is 0 Å². The molecule has 0 saturated carbocycles. The van der Waals surface area contributed by atoms with E-state index in [0.29, 0.717) is 5.56 Å². The van der Waals surface area contributed by atoms with Crippen molar-refractivity contribution >= 4 is 11.4 Å². The summed E-state index contributed by atoms with van der Waals surface area (Å²) in [4.78, 5) is 9.99. The summed E-state index contributed by atoms with van der Waals surface area (Å²) in [6.07, 6.45) is 3.20. The van der Waals surface area contributed by atoms with Gasteiger partial charge in [-0.1, -0.05) is 18.1 Å². The third-order valence-electron chi connectivity index (χ3n) is 3.69. The van der Waals surface area contributed by atoms with E-state index < -0.39 is 51.8 Å². The maximum absolute atomic E-state index is 13.8. The van der Waals surface area contributed by atoms with Crippen LogP contribution in [-0.2, 0) is 6.42 Å². The van der Waals surface area contributed by atoms with Crippen LogP contribution in [0.4, 0.5) is 33.3 Å². The quantitative estimate of drug-likeness (QED) is 0.200. The Kier molecular flexibility index (Phi) is 5.97. The first-order valence-electron chi connectivity index (χ1n) is 7.32. The molecule has 0 bridgehead atoms. The molecular weight excluding hydrogens is 375 g/mol. The van der Waals surface area contributed by atoms with Gasteiger partial charge in [-0.3, -0.25) is 10.1 Å². The first kappa shape index (κ1) is 20.1. The number of benzene rings is 2. The van der Waals surface area contributed by atoms with Crippen LogP contribution in [0, 0.1) is 51.5 Å². The van der Waals surface area contributed by atoms with Crippen molar-refractivity contribution in [2.75, 3.05) is 5.32 Å². The number of nitro groups is 1. The topological polar surface area (TPSA) is 75.4 Å². The van der Waals surface area contributed by atoms with E-state index in [9.17, 15) is 37.2 Å². The molecule has 0 radical (unpaired) electrons. The summed E-state index contributed by atoms with van der Waals surface area (Å²) in [5.41, 5.74) is -1.20. The van der Waals surface area contributed by atoms with Gasteiger partial charge in [0.2, 0.25) is 5.82 Å². The van der Waals surface area contributed by atoms with Gasteiger partial charge < -0.3 is 10.4 Å². The first-order valence-corrected chi connectivity index (χ1v) is 7.32. The number of hydrogen-bond acceptors (Lipinski definition) is 4. The molecule has 0 aromatic heterocycles. The van der Waals surface area contributed by atoms with E-state index >= 15 is 0 Å². The van der Waals surface area contributed by atoms with Crippen molar-refractivity contribution < 1.29 is 32.0 Å². The second kappa shape index (κ2) is 8.01. The molecule has 2 N–H and O–H groups in total. The number of aliphatic hydroxyl groups is 1. The fourth-order valence-electron chi connectivity index (χ4n) is 2.28. The minimum atomic E-state index is -2.32. The van der Waals surface area contributed by atoms with Crippen molar-refractivity contribution in [3.8, 4) is 12.3 Å². The molecule has 10 heteroatoms. The number of hydrogen-bond donors (Lipinski definition) is 2. The van der Waals surface area contributed by atoms with E-state index in [1.54, 1.807) is 0 Å². The van der Waals surface area contributed by atoms with Crippen LogP contribution < -0.4 is 5.32 Å². The van der Waals surface area contributed by atoms with Crippen LogP contribution in [0.5, 0.6) is 0 Å². The molecular formula is C17H11F5N2O3. The molecule has 0 aliphatic rings. The molecule has 0 saturated heterocycles. The summed E-state index contributed by atoms with van der Waals surface area (Å²) < 4.78 is 67.4. The molecule has 2 rings (SSSR count). The molecule has 0 unspecified atom stereocenters. The SMILES string of the molecule is C#C[C@@H](O)[C@@H](Cc1ccc([N+](=O)[O-])cc1)Nc1c(F)c(F)c(F)c(F)c1F. The van der Waals surface area contributed by atoms with Gasteiger partial charge in [-0.2, -0.15) is 0 Å². The zero-order valence-corrected chi connectivity index (χ0v) is 13.3. The predicted molar refractivity (Wildman–Crippen MR) is 85.3 cm³/mol. The fraction of sp³-hybridized carbons (Fsp3) is 0.176. The molecule has 0 fully saturated rings. The minimum Gasteiger partial charge on any atom is -0.378 e. The van der Waals surface area contributed by atoms with Crippen molar-refractivity contribution in [1.82, 2.24) is 0 Å². The largest absolute Gasteiger partial charge is 0.378 e. The van der Waals surface area contributed by atoms with Crippen LogP contribution in [-0.4, -0.2) is 22.2 Å². The van der Waals surface area contributed by atoms with Crippen LogP contribution in [0.2, 0.25) is 0 Å². The molecule has 0 aliphatic heterocycles. The second-order valence-electron chi connectivity index (χ2n) is 5.43. The Hall–Kier alpha value is -3.19. The number of non-ortho nitro benzene ring substituents is 1. The van der Waals surface area contributed by atoms with Crippen molar-refractivity contribution in [1.29, 1.82) is 0 Å². The van der Waals surface area contributed by atoms with Crippen molar-refractivity contribution in [3.05, 3.63) is 69.0 Å². The number of anilines is 1. The Morgan fingerprint density at radius 2 is 1.52 bits per heavy atom. The minimum absolute atomic E-state index is 0.219. The number of nitro benzene ring substituents is 1. The van der Waals surface area contributed by atoms with E-state index in [-0.39, 0.29) is 12.1 Å². The smallest absolute Gasteiger partial charge is 0.269 e. The Morgan fingerprint density at radius 3 is 1.96 bits per heavy atom. The van der Waals surface area contributed by atoms with Crippen LogP contribution in [0.1, 0.15) is 5.56 Å². The molecule has 27 heavy (non-hydrogen) atoms. The van der Waals surface area contributed by atoms with Crippen molar-refractivity contribution in [2.24, 2.45) is 0 Å². The van der Waals surface area contributed by atoms with Gasteiger partial charge in [-0.25, -0.2) is 22.0 Å². The zero-order chi connectivity index (χ0) is 20.3. The van der Waals surface area contributed by atoms with E-state index in [1.165, 1.54) is 12.1 Å². The Morgan fingerprint density at radius 1 is 1.04 bits per heavy atom. The monoisotopic (exact) mass is 386 g/mol. The zero-order valence-electron chi connectivity index (χ0n) is 13.3. The number of nitrogens with one attached hydrogen (secondary N) is 1. The molecule has 2 aromatic rings. The van der Waals surface area contributed by atoms with Crippen molar-refractivity contribution in [2.45, 2.75) is 18.6 Å². The predicted octanol–water partition coefficient (Wildman–Crippen LogP) is 3.31. The van der Waals surface area contributed by atoms with Gasteiger partial charge in [0.25, 0.3) is 5.69 Å².